The highest BCUT2D eigenvalue weighted by Crippen LogP contribution is 2.27. The standard InChI is InChI=1S/C17H18N/c1-11-9-10-16-17(12(11)2)13(3)14-7-5-6-8-15(14)18(16)4/h5-10H,1-4H3/q+1. The lowest BCUT2D eigenvalue weighted by atomic mass is 9.97. The maximum absolute atomic E-state index is 2.30. The Morgan fingerprint density at radius 3 is 2.28 bits per heavy atom. The van der Waals surface area contributed by atoms with E-state index in [4.69, 9.17) is 0 Å². The van der Waals surface area contributed by atoms with E-state index >= 15 is 0 Å². The van der Waals surface area contributed by atoms with E-state index in [1.54, 1.807) is 0 Å². The van der Waals surface area contributed by atoms with Crippen molar-refractivity contribution >= 4 is 21.8 Å². The van der Waals surface area contributed by atoms with Crippen LogP contribution >= 0.6 is 0 Å². The molecule has 2 aromatic carbocycles. The molecule has 18 heavy (non-hydrogen) atoms. The van der Waals surface area contributed by atoms with Crippen LogP contribution in [0, 0.1) is 20.8 Å². The topological polar surface area (TPSA) is 3.88 Å². The molecule has 90 valence electrons. The van der Waals surface area contributed by atoms with Gasteiger partial charge in [-0.05, 0) is 43.5 Å². The van der Waals surface area contributed by atoms with Gasteiger partial charge in [-0.1, -0.05) is 18.2 Å². The van der Waals surface area contributed by atoms with Crippen LogP contribution in [0.4, 0.5) is 0 Å². The van der Waals surface area contributed by atoms with Gasteiger partial charge in [0.25, 0.3) is 0 Å². The van der Waals surface area contributed by atoms with Crippen molar-refractivity contribution in [3.8, 4) is 0 Å². The summed E-state index contributed by atoms with van der Waals surface area (Å²) in [4.78, 5) is 0. The third-order valence-electron chi connectivity index (χ3n) is 4.12. The fourth-order valence-corrected chi connectivity index (χ4v) is 2.90. The van der Waals surface area contributed by atoms with Crippen LogP contribution in [0.1, 0.15) is 16.7 Å². The zero-order valence-corrected chi connectivity index (χ0v) is 11.4. The molecule has 0 spiro atoms. The van der Waals surface area contributed by atoms with Gasteiger partial charge in [0.2, 0.25) is 11.0 Å². The summed E-state index contributed by atoms with van der Waals surface area (Å²) in [5, 5.41) is 2.75. The van der Waals surface area contributed by atoms with E-state index in [9.17, 15) is 0 Å². The van der Waals surface area contributed by atoms with E-state index in [1.807, 2.05) is 0 Å². The molecule has 0 atom stereocenters. The van der Waals surface area contributed by atoms with Crippen LogP contribution in [-0.2, 0) is 7.05 Å². The van der Waals surface area contributed by atoms with Crippen LogP contribution in [0.2, 0.25) is 0 Å². The Labute approximate surface area is 108 Å². The second kappa shape index (κ2) is 3.81. The quantitative estimate of drug-likeness (QED) is 0.413. The van der Waals surface area contributed by atoms with Crippen LogP contribution in [0.5, 0.6) is 0 Å². The van der Waals surface area contributed by atoms with E-state index in [0.29, 0.717) is 0 Å². The van der Waals surface area contributed by atoms with E-state index in [-0.39, 0.29) is 0 Å². The number of hydrogen-bond acceptors (Lipinski definition) is 0. The molecule has 0 fully saturated rings. The minimum Gasteiger partial charge on any atom is -0.194 e. The molecule has 3 rings (SSSR count). The fraction of sp³-hybridized carbons (Fsp3) is 0.235. The first-order valence-electron chi connectivity index (χ1n) is 6.38. The molecule has 0 unspecified atom stereocenters. The number of para-hydroxylation sites is 1. The lowest BCUT2D eigenvalue weighted by molar-refractivity contribution is -0.617. The number of fused-ring (bicyclic) bond motifs is 2. The Morgan fingerprint density at radius 2 is 1.50 bits per heavy atom. The van der Waals surface area contributed by atoms with Crippen molar-refractivity contribution in [1.82, 2.24) is 0 Å². The van der Waals surface area contributed by atoms with Crippen molar-refractivity contribution in [2.75, 3.05) is 0 Å². The van der Waals surface area contributed by atoms with Crippen molar-refractivity contribution in [2.24, 2.45) is 7.05 Å². The van der Waals surface area contributed by atoms with Gasteiger partial charge in [0.1, 0.15) is 7.05 Å². The van der Waals surface area contributed by atoms with E-state index < -0.39 is 0 Å². The molecule has 1 heterocycles. The van der Waals surface area contributed by atoms with Gasteiger partial charge >= 0.3 is 0 Å². The zero-order chi connectivity index (χ0) is 12.9. The Hall–Kier alpha value is -1.89. The Bertz CT molecular complexity index is 770. The Morgan fingerprint density at radius 1 is 0.778 bits per heavy atom. The maximum atomic E-state index is 2.30. The largest absolute Gasteiger partial charge is 0.213 e. The van der Waals surface area contributed by atoms with E-state index in [2.05, 4.69) is 68.8 Å². The average Bonchev–Trinajstić information content (AvgIpc) is 2.39. The maximum Gasteiger partial charge on any atom is 0.213 e. The first-order valence-corrected chi connectivity index (χ1v) is 6.38. The molecule has 0 saturated carbocycles. The number of benzene rings is 2. The molecule has 3 aromatic rings. The summed E-state index contributed by atoms with van der Waals surface area (Å²) in [6, 6.07) is 13.1. The molecule has 0 aliphatic rings. The SMILES string of the molecule is Cc1ccc2c(c1C)c(C)c1ccccc1[n+]2C. The third kappa shape index (κ3) is 1.37. The van der Waals surface area contributed by atoms with Crippen molar-refractivity contribution in [2.45, 2.75) is 20.8 Å². The first-order chi connectivity index (χ1) is 8.61. The molecule has 1 heteroatoms. The van der Waals surface area contributed by atoms with Crippen molar-refractivity contribution < 1.29 is 4.57 Å². The molecule has 0 saturated heterocycles. The molecular weight excluding hydrogens is 218 g/mol. The van der Waals surface area contributed by atoms with Crippen LogP contribution < -0.4 is 4.57 Å². The van der Waals surface area contributed by atoms with Gasteiger partial charge in [-0.2, -0.15) is 4.57 Å². The third-order valence-corrected chi connectivity index (χ3v) is 4.12. The van der Waals surface area contributed by atoms with E-state index in [0.717, 1.165) is 0 Å². The summed E-state index contributed by atoms with van der Waals surface area (Å²) in [6.07, 6.45) is 0. The van der Waals surface area contributed by atoms with Gasteiger partial charge in [0, 0.05) is 17.5 Å². The fourth-order valence-electron chi connectivity index (χ4n) is 2.90. The minimum atomic E-state index is 1.30. The second-order valence-corrected chi connectivity index (χ2v) is 5.10. The van der Waals surface area contributed by atoms with E-state index in [1.165, 1.54) is 38.5 Å². The number of pyridine rings is 1. The van der Waals surface area contributed by atoms with Crippen LogP contribution in [0.15, 0.2) is 36.4 Å². The molecule has 0 aliphatic heterocycles. The predicted molar refractivity (Wildman–Crippen MR) is 76.8 cm³/mol. The number of hydrogen-bond donors (Lipinski definition) is 0. The molecule has 1 aromatic heterocycles. The number of aryl methyl sites for hydroxylation is 4. The average molecular weight is 236 g/mol. The van der Waals surface area contributed by atoms with Crippen LogP contribution in [0.25, 0.3) is 21.8 Å². The Balaban J connectivity index is 2.67. The smallest absolute Gasteiger partial charge is 0.194 e. The molecule has 0 amide bonds. The zero-order valence-electron chi connectivity index (χ0n) is 11.4. The normalized spacial score (nSPS) is 11.3. The summed E-state index contributed by atoms with van der Waals surface area (Å²) in [5.41, 5.74) is 6.76. The summed E-state index contributed by atoms with van der Waals surface area (Å²) < 4.78 is 2.30. The summed E-state index contributed by atoms with van der Waals surface area (Å²) >= 11 is 0. The van der Waals surface area contributed by atoms with Crippen LogP contribution in [0.3, 0.4) is 0 Å². The van der Waals surface area contributed by atoms with Gasteiger partial charge in [0.15, 0.2) is 0 Å². The van der Waals surface area contributed by atoms with Gasteiger partial charge in [0.05, 0.1) is 5.39 Å². The van der Waals surface area contributed by atoms with Crippen molar-refractivity contribution in [1.29, 1.82) is 0 Å². The highest BCUT2D eigenvalue weighted by Gasteiger charge is 2.16. The molecule has 1 nitrogen and oxygen atoms in total. The summed E-state index contributed by atoms with van der Waals surface area (Å²) in [7, 11) is 2.15. The van der Waals surface area contributed by atoms with Gasteiger partial charge in [-0.25, -0.2) is 0 Å². The second-order valence-electron chi connectivity index (χ2n) is 5.10. The number of rotatable bonds is 0. The number of nitrogens with zero attached hydrogens (tertiary/aromatic N) is 1. The predicted octanol–water partition coefficient (Wildman–Crippen LogP) is 3.74. The summed E-state index contributed by atoms with van der Waals surface area (Å²) in [5.74, 6) is 0. The Kier molecular flexibility index (Phi) is 2.37. The van der Waals surface area contributed by atoms with Crippen LogP contribution in [-0.4, -0.2) is 0 Å². The van der Waals surface area contributed by atoms with Gasteiger partial charge in [-0.3, -0.25) is 0 Å². The highest BCUT2D eigenvalue weighted by atomic mass is 14.9. The molecular formula is C17H18N+. The lowest BCUT2D eigenvalue weighted by Crippen LogP contribution is -2.30. The van der Waals surface area contributed by atoms with Crippen molar-refractivity contribution in [3.63, 3.8) is 0 Å². The minimum absolute atomic E-state index is 1.30. The highest BCUT2D eigenvalue weighted by molar-refractivity contribution is 5.95. The molecule has 0 radical (unpaired) electrons. The molecule has 0 bridgehead atoms. The lowest BCUT2D eigenvalue weighted by Gasteiger charge is -2.10. The van der Waals surface area contributed by atoms with Crippen molar-refractivity contribution in [3.05, 3.63) is 53.1 Å². The summed E-state index contributed by atoms with van der Waals surface area (Å²) in [6.45, 7) is 6.64. The van der Waals surface area contributed by atoms with Gasteiger partial charge < -0.3 is 0 Å². The number of aromatic nitrogens is 1. The first kappa shape index (κ1) is 11.2. The van der Waals surface area contributed by atoms with Gasteiger partial charge in [-0.15, -0.1) is 0 Å². The monoisotopic (exact) mass is 236 g/mol. The molecule has 0 aliphatic carbocycles. The molecule has 0 N–H and O–H groups in total.